The van der Waals surface area contributed by atoms with Gasteiger partial charge in [0, 0.05) is 29.0 Å². The van der Waals surface area contributed by atoms with Crippen LogP contribution in [0.15, 0.2) is 55.1 Å². The lowest BCUT2D eigenvalue weighted by Crippen LogP contribution is -2.29. The maximum Gasteiger partial charge on any atom is 0.259 e. The van der Waals surface area contributed by atoms with Crippen molar-refractivity contribution in [3.63, 3.8) is 0 Å². The molecule has 2 aromatic rings. The Hall–Kier alpha value is -2.46. The summed E-state index contributed by atoms with van der Waals surface area (Å²) in [5.74, 6) is -0.597. The quantitative estimate of drug-likeness (QED) is 0.940. The Labute approximate surface area is 128 Å². The van der Waals surface area contributed by atoms with E-state index in [4.69, 9.17) is 0 Å². The highest BCUT2D eigenvalue weighted by Gasteiger charge is 2.36. The molecule has 3 rings (SSSR count). The molecule has 1 amide bonds. The summed E-state index contributed by atoms with van der Waals surface area (Å²) in [6.07, 6.45) is 0.250. The second-order valence-corrected chi connectivity index (χ2v) is 5.22. The van der Waals surface area contributed by atoms with Gasteiger partial charge in [-0.3, -0.25) is 4.79 Å². The summed E-state index contributed by atoms with van der Waals surface area (Å²) in [5, 5.41) is 9.35. The van der Waals surface area contributed by atoms with Gasteiger partial charge in [-0.2, -0.15) is 0 Å². The van der Waals surface area contributed by atoms with Crippen LogP contribution in [0.5, 0.6) is 0 Å². The van der Waals surface area contributed by atoms with Gasteiger partial charge in [0.25, 0.3) is 5.91 Å². The van der Waals surface area contributed by atoms with Gasteiger partial charge >= 0.3 is 0 Å². The first kappa shape index (κ1) is 14.5. The number of benzene rings is 2. The Morgan fingerprint density at radius 1 is 1.09 bits per heavy atom. The molecule has 0 spiro atoms. The molecule has 1 atom stereocenters. The molecule has 0 saturated heterocycles. The third kappa shape index (κ3) is 2.22. The predicted octanol–water partition coefficient (Wildman–Crippen LogP) is 3.38. The van der Waals surface area contributed by atoms with Gasteiger partial charge in [-0.05, 0) is 18.6 Å². The van der Waals surface area contributed by atoms with Crippen LogP contribution in [0.2, 0.25) is 0 Å². The van der Waals surface area contributed by atoms with Gasteiger partial charge in [0.1, 0.15) is 5.82 Å². The summed E-state index contributed by atoms with van der Waals surface area (Å²) in [5.41, 5.74) is 2.25. The monoisotopic (exact) mass is 297 g/mol. The van der Waals surface area contributed by atoms with Gasteiger partial charge in [-0.15, -0.1) is 0 Å². The molecule has 2 aromatic carbocycles. The third-order valence-corrected chi connectivity index (χ3v) is 3.96. The number of amides is 1. The molecular formula is C18H16FNO2. The van der Waals surface area contributed by atoms with Crippen molar-refractivity contribution in [3.05, 3.63) is 77.6 Å². The lowest BCUT2D eigenvalue weighted by Gasteiger charge is -2.29. The normalized spacial score (nSPS) is 15.1. The molecule has 0 aromatic heterocycles. The number of hydrogen-bond donors (Lipinski definition) is 1. The van der Waals surface area contributed by atoms with Crippen LogP contribution in [-0.2, 0) is 0 Å². The first-order valence-corrected chi connectivity index (χ1v) is 7.12. The number of aliphatic hydroxyl groups is 1. The van der Waals surface area contributed by atoms with Crippen LogP contribution in [0.25, 0.3) is 5.70 Å². The van der Waals surface area contributed by atoms with E-state index in [0.29, 0.717) is 16.8 Å². The standard InChI is InChI=1S/C18H16FNO2/c1-12-13-6-2-3-7-14(13)18(22)20(12)17(10-11-21)15-8-4-5-9-16(15)19/h2-9,17,21H,1,10-11H2. The summed E-state index contributed by atoms with van der Waals surface area (Å²) >= 11 is 0. The maximum atomic E-state index is 14.2. The van der Waals surface area contributed by atoms with Crippen LogP contribution in [-0.4, -0.2) is 22.5 Å². The van der Waals surface area contributed by atoms with Crippen LogP contribution in [0.4, 0.5) is 4.39 Å². The van der Waals surface area contributed by atoms with E-state index < -0.39 is 11.9 Å². The topological polar surface area (TPSA) is 40.5 Å². The van der Waals surface area contributed by atoms with Crippen molar-refractivity contribution >= 4 is 11.6 Å². The van der Waals surface area contributed by atoms with E-state index in [9.17, 15) is 14.3 Å². The lowest BCUT2D eigenvalue weighted by atomic mass is 10.0. The van der Waals surface area contributed by atoms with E-state index >= 15 is 0 Å². The molecule has 1 N–H and O–H groups in total. The predicted molar refractivity (Wildman–Crippen MR) is 82.5 cm³/mol. The molecule has 1 heterocycles. The molecule has 0 radical (unpaired) electrons. The van der Waals surface area contributed by atoms with E-state index in [-0.39, 0.29) is 18.9 Å². The fraction of sp³-hybridized carbons (Fsp3) is 0.167. The Balaban J connectivity index is 2.06. The Morgan fingerprint density at radius 3 is 2.36 bits per heavy atom. The SMILES string of the molecule is C=C1c2ccccc2C(=O)N1C(CCO)c1ccccc1F. The summed E-state index contributed by atoms with van der Waals surface area (Å²) in [7, 11) is 0. The van der Waals surface area contributed by atoms with Crippen LogP contribution >= 0.6 is 0 Å². The molecule has 22 heavy (non-hydrogen) atoms. The van der Waals surface area contributed by atoms with Gasteiger partial charge in [0.05, 0.1) is 6.04 Å². The molecule has 1 aliphatic heterocycles. The highest BCUT2D eigenvalue weighted by atomic mass is 19.1. The van der Waals surface area contributed by atoms with Gasteiger partial charge in [0.2, 0.25) is 0 Å². The first-order valence-electron chi connectivity index (χ1n) is 7.12. The smallest absolute Gasteiger partial charge is 0.259 e. The Kier molecular flexibility index (Phi) is 3.77. The minimum absolute atomic E-state index is 0.146. The maximum absolute atomic E-state index is 14.2. The average molecular weight is 297 g/mol. The van der Waals surface area contributed by atoms with E-state index in [1.165, 1.54) is 11.0 Å². The van der Waals surface area contributed by atoms with Crippen LogP contribution < -0.4 is 0 Å². The van der Waals surface area contributed by atoms with Gasteiger partial charge < -0.3 is 10.0 Å². The third-order valence-electron chi connectivity index (χ3n) is 3.96. The van der Waals surface area contributed by atoms with Gasteiger partial charge in [-0.1, -0.05) is 43.0 Å². The van der Waals surface area contributed by atoms with Crippen molar-refractivity contribution in [1.82, 2.24) is 4.90 Å². The Bertz CT molecular complexity index is 706. The first-order chi connectivity index (χ1) is 10.6. The van der Waals surface area contributed by atoms with Crippen molar-refractivity contribution in [2.24, 2.45) is 0 Å². The number of nitrogens with zero attached hydrogens (tertiary/aromatic N) is 1. The molecule has 0 bridgehead atoms. The zero-order chi connectivity index (χ0) is 15.7. The molecule has 1 aliphatic rings. The van der Waals surface area contributed by atoms with Crippen LogP contribution in [0.1, 0.15) is 33.9 Å². The van der Waals surface area contributed by atoms with Crippen LogP contribution in [0, 0.1) is 5.82 Å². The fourth-order valence-corrected chi connectivity index (χ4v) is 2.92. The molecular weight excluding hydrogens is 281 g/mol. The summed E-state index contributed by atoms with van der Waals surface area (Å²) in [6, 6.07) is 12.9. The highest BCUT2D eigenvalue weighted by molar-refractivity contribution is 6.09. The number of aliphatic hydroxyl groups excluding tert-OH is 1. The molecule has 0 saturated carbocycles. The van der Waals surface area contributed by atoms with Crippen molar-refractivity contribution in [1.29, 1.82) is 0 Å². The molecule has 4 heteroatoms. The van der Waals surface area contributed by atoms with Crippen molar-refractivity contribution < 1.29 is 14.3 Å². The zero-order valence-corrected chi connectivity index (χ0v) is 12.0. The number of hydrogen-bond acceptors (Lipinski definition) is 2. The largest absolute Gasteiger partial charge is 0.396 e. The molecule has 3 nitrogen and oxygen atoms in total. The summed E-state index contributed by atoms with van der Waals surface area (Å²) in [6.45, 7) is 3.84. The summed E-state index contributed by atoms with van der Waals surface area (Å²) < 4.78 is 14.2. The van der Waals surface area contributed by atoms with E-state index in [1.807, 2.05) is 12.1 Å². The Morgan fingerprint density at radius 2 is 1.73 bits per heavy atom. The van der Waals surface area contributed by atoms with E-state index in [1.54, 1.807) is 30.3 Å². The number of fused-ring (bicyclic) bond motifs is 1. The number of carbonyl (C=O) groups excluding carboxylic acids is 1. The number of rotatable bonds is 4. The average Bonchev–Trinajstić information content (AvgIpc) is 2.78. The molecule has 1 unspecified atom stereocenters. The fourth-order valence-electron chi connectivity index (χ4n) is 2.92. The second-order valence-electron chi connectivity index (χ2n) is 5.22. The highest BCUT2D eigenvalue weighted by Crippen LogP contribution is 2.39. The zero-order valence-electron chi connectivity index (χ0n) is 12.0. The molecule has 0 fully saturated rings. The minimum Gasteiger partial charge on any atom is -0.396 e. The second kappa shape index (κ2) is 5.73. The van der Waals surface area contributed by atoms with Gasteiger partial charge in [-0.25, -0.2) is 4.39 Å². The number of carbonyl (C=O) groups is 1. The molecule has 112 valence electrons. The molecule has 0 aliphatic carbocycles. The summed E-state index contributed by atoms with van der Waals surface area (Å²) in [4.78, 5) is 14.2. The van der Waals surface area contributed by atoms with E-state index in [2.05, 4.69) is 6.58 Å². The van der Waals surface area contributed by atoms with Crippen molar-refractivity contribution in [2.45, 2.75) is 12.5 Å². The lowest BCUT2D eigenvalue weighted by molar-refractivity contribution is 0.0782. The van der Waals surface area contributed by atoms with Crippen LogP contribution in [0.3, 0.4) is 0 Å². The van der Waals surface area contributed by atoms with E-state index in [0.717, 1.165) is 5.56 Å². The minimum atomic E-state index is -0.571. The number of halogens is 1. The van der Waals surface area contributed by atoms with Crippen molar-refractivity contribution in [2.75, 3.05) is 6.61 Å². The van der Waals surface area contributed by atoms with Crippen molar-refractivity contribution in [3.8, 4) is 0 Å². The van der Waals surface area contributed by atoms with Gasteiger partial charge in [0.15, 0.2) is 0 Å².